The lowest BCUT2D eigenvalue weighted by atomic mass is 10.1. The van der Waals surface area contributed by atoms with Gasteiger partial charge in [-0.3, -0.25) is 9.05 Å². The van der Waals surface area contributed by atoms with Crippen molar-refractivity contribution in [2.45, 2.75) is 24.1 Å². The SMILES string of the molecule is O=P(O)(O)OC[C@@H]1O[C@](O)(COP(=O)(O)O)[C@@H](O)[C@H]1O. The second kappa shape index (κ2) is 6.05. The molecule has 1 aliphatic heterocycles. The van der Waals surface area contributed by atoms with Crippen molar-refractivity contribution in [3.63, 3.8) is 0 Å². The van der Waals surface area contributed by atoms with Gasteiger partial charge in [-0.15, -0.1) is 0 Å². The van der Waals surface area contributed by atoms with Crippen LogP contribution in [0.2, 0.25) is 0 Å². The molecule has 7 N–H and O–H groups in total. The van der Waals surface area contributed by atoms with Crippen LogP contribution in [0.4, 0.5) is 0 Å². The molecule has 1 rings (SSSR count). The molecular weight excluding hydrogens is 326 g/mol. The van der Waals surface area contributed by atoms with Crippen molar-refractivity contribution in [3.05, 3.63) is 0 Å². The van der Waals surface area contributed by atoms with Crippen LogP contribution in [-0.4, -0.2) is 72.2 Å². The number of aliphatic hydroxyl groups excluding tert-OH is 2. The molecule has 0 amide bonds. The highest BCUT2D eigenvalue weighted by atomic mass is 31.2. The lowest BCUT2D eigenvalue weighted by Crippen LogP contribution is -2.46. The standard InChI is InChI=1S/C6H14O12P2/c7-4-3(1-16-19(10,11)12)18-6(9,5(4)8)2-17-20(13,14)15/h3-5,7-9H,1-2H2,(H2,10,11,12)(H2,13,14,15)/t3-,4-,5-,6+/m0/s1. The summed E-state index contributed by atoms with van der Waals surface area (Å²) in [7, 11) is -9.82. The van der Waals surface area contributed by atoms with Crippen molar-refractivity contribution in [2.75, 3.05) is 13.2 Å². The number of phosphoric ester groups is 2. The second-order valence-corrected chi connectivity index (χ2v) is 6.47. The Labute approximate surface area is 112 Å². The van der Waals surface area contributed by atoms with Crippen molar-refractivity contribution in [1.82, 2.24) is 0 Å². The van der Waals surface area contributed by atoms with E-state index in [9.17, 15) is 24.4 Å². The Bertz CT molecular complexity index is 428. The number of rotatable bonds is 6. The topological polar surface area (TPSA) is 203 Å². The van der Waals surface area contributed by atoms with Crippen LogP contribution in [-0.2, 0) is 22.9 Å². The molecule has 1 heterocycles. The van der Waals surface area contributed by atoms with Crippen molar-refractivity contribution in [1.29, 1.82) is 0 Å². The summed E-state index contributed by atoms with van der Waals surface area (Å²) < 4.78 is 33.6. The number of hydrogen-bond acceptors (Lipinski definition) is 8. The molecule has 4 atom stereocenters. The molecule has 14 heteroatoms. The maximum atomic E-state index is 10.5. The van der Waals surface area contributed by atoms with Crippen molar-refractivity contribution in [2.24, 2.45) is 0 Å². The zero-order chi connectivity index (χ0) is 15.8. The van der Waals surface area contributed by atoms with Gasteiger partial charge in [-0.05, 0) is 0 Å². The molecular formula is C6H14O12P2. The fourth-order valence-corrected chi connectivity index (χ4v) is 2.17. The highest BCUT2D eigenvalue weighted by Crippen LogP contribution is 2.41. The molecule has 1 saturated heterocycles. The molecule has 0 aromatic rings. The fraction of sp³-hybridized carbons (Fsp3) is 1.00. The summed E-state index contributed by atoms with van der Waals surface area (Å²) in [5.74, 6) is -2.66. The van der Waals surface area contributed by atoms with E-state index in [-0.39, 0.29) is 0 Å². The normalized spacial score (nSPS) is 35.5. The van der Waals surface area contributed by atoms with Gasteiger partial charge in [-0.2, -0.15) is 0 Å². The Morgan fingerprint density at radius 3 is 2.00 bits per heavy atom. The predicted molar refractivity (Wildman–Crippen MR) is 57.8 cm³/mol. The van der Waals surface area contributed by atoms with Crippen LogP contribution in [0.25, 0.3) is 0 Å². The first-order valence-corrected chi connectivity index (χ1v) is 8.07. The highest BCUT2D eigenvalue weighted by Gasteiger charge is 2.54. The Morgan fingerprint density at radius 2 is 1.55 bits per heavy atom. The third kappa shape index (κ3) is 5.11. The predicted octanol–water partition coefficient (Wildman–Crippen LogP) is -2.99. The van der Waals surface area contributed by atoms with Gasteiger partial charge in [0.25, 0.3) is 0 Å². The molecule has 0 aromatic heterocycles. The maximum Gasteiger partial charge on any atom is 0.469 e. The third-order valence-corrected chi connectivity index (χ3v) is 3.32. The lowest BCUT2D eigenvalue weighted by Gasteiger charge is -2.25. The molecule has 0 aromatic carbocycles. The highest BCUT2D eigenvalue weighted by molar-refractivity contribution is 7.46. The summed E-state index contributed by atoms with van der Waals surface area (Å²) in [5.41, 5.74) is 0. The smallest absolute Gasteiger partial charge is 0.387 e. The first kappa shape index (κ1) is 18.1. The number of aliphatic hydroxyl groups is 3. The lowest BCUT2D eigenvalue weighted by molar-refractivity contribution is -0.245. The molecule has 0 bridgehead atoms. The zero-order valence-electron chi connectivity index (χ0n) is 9.71. The van der Waals surface area contributed by atoms with E-state index in [2.05, 4.69) is 13.8 Å². The van der Waals surface area contributed by atoms with Crippen LogP contribution in [0.3, 0.4) is 0 Å². The summed E-state index contributed by atoms with van der Waals surface area (Å²) in [4.78, 5) is 33.9. The molecule has 0 aliphatic carbocycles. The Hall–Kier alpha value is 0.0600. The second-order valence-electron chi connectivity index (χ2n) is 3.99. The summed E-state index contributed by atoms with van der Waals surface area (Å²) in [6, 6.07) is 0. The van der Waals surface area contributed by atoms with Gasteiger partial charge in [0.2, 0.25) is 5.79 Å². The monoisotopic (exact) mass is 340 g/mol. The minimum atomic E-state index is -4.96. The van der Waals surface area contributed by atoms with Crippen LogP contribution >= 0.6 is 15.6 Å². The Balaban J connectivity index is 2.67. The largest absolute Gasteiger partial charge is 0.469 e. The first-order valence-electron chi connectivity index (χ1n) is 5.00. The molecule has 1 fully saturated rings. The van der Waals surface area contributed by atoms with E-state index < -0.39 is 53.0 Å². The summed E-state index contributed by atoms with van der Waals surface area (Å²) in [6.07, 6.45) is -5.38. The van der Waals surface area contributed by atoms with E-state index in [1.165, 1.54) is 0 Å². The Kier molecular flexibility index (Phi) is 5.48. The van der Waals surface area contributed by atoms with Crippen LogP contribution in [0.5, 0.6) is 0 Å². The van der Waals surface area contributed by atoms with E-state index in [1.54, 1.807) is 0 Å². The zero-order valence-corrected chi connectivity index (χ0v) is 11.5. The molecule has 0 saturated carbocycles. The van der Waals surface area contributed by atoms with Gasteiger partial charge in [0.15, 0.2) is 0 Å². The van der Waals surface area contributed by atoms with E-state index in [4.69, 9.17) is 19.6 Å². The van der Waals surface area contributed by atoms with Crippen LogP contribution in [0.1, 0.15) is 0 Å². The molecule has 120 valence electrons. The van der Waals surface area contributed by atoms with Crippen LogP contribution in [0.15, 0.2) is 0 Å². The van der Waals surface area contributed by atoms with E-state index in [1.807, 2.05) is 0 Å². The van der Waals surface area contributed by atoms with Crippen LogP contribution in [0, 0.1) is 0 Å². The summed E-state index contributed by atoms with van der Waals surface area (Å²) in [5, 5.41) is 28.8. The molecule has 20 heavy (non-hydrogen) atoms. The Morgan fingerprint density at radius 1 is 1.05 bits per heavy atom. The summed E-state index contributed by atoms with van der Waals surface area (Å²) >= 11 is 0. The van der Waals surface area contributed by atoms with Crippen molar-refractivity contribution >= 4 is 15.6 Å². The number of ether oxygens (including phenoxy) is 1. The van der Waals surface area contributed by atoms with Gasteiger partial charge in [-0.1, -0.05) is 0 Å². The number of hydrogen-bond donors (Lipinski definition) is 7. The van der Waals surface area contributed by atoms with Gasteiger partial charge in [0.1, 0.15) is 24.9 Å². The van der Waals surface area contributed by atoms with Gasteiger partial charge < -0.3 is 39.6 Å². The van der Waals surface area contributed by atoms with E-state index in [0.29, 0.717) is 0 Å². The fourth-order valence-electron chi connectivity index (χ4n) is 1.47. The average Bonchev–Trinajstić information content (AvgIpc) is 2.48. The molecule has 1 aliphatic rings. The van der Waals surface area contributed by atoms with E-state index in [0.717, 1.165) is 0 Å². The maximum absolute atomic E-state index is 10.5. The molecule has 0 unspecified atom stereocenters. The minimum absolute atomic E-state index is 0.874. The van der Waals surface area contributed by atoms with Gasteiger partial charge in [0.05, 0.1) is 6.61 Å². The van der Waals surface area contributed by atoms with Gasteiger partial charge in [-0.25, -0.2) is 9.13 Å². The van der Waals surface area contributed by atoms with Crippen molar-refractivity contribution in [3.8, 4) is 0 Å². The minimum Gasteiger partial charge on any atom is -0.387 e. The number of phosphoric acid groups is 2. The molecule has 12 nitrogen and oxygen atoms in total. The average molecular weight is 340 g/mol. The summed E-state index contributed by atoms with van der Waals surface area (Å²) in [6.45, 7) is -2.05. The van der Waals surface area contributed by atoms with E-state index >= 15 is 0 Å². The first-order chi connectivity index (χ1) is 8.84. The van der Waals surface area contributed by atoms with Crippen molar-refractivity contribution < 1.29 is 57.8 Å². The van der Waals surface area contributed by atoms with Gasteiger partial charge in [0, 0.05) is 0 Å². The van der Waals surface area contributed by atoms with Crippen LogP contribution < -0.4 is 0 Å². The third-order valence-electron chi connectivity index (χ3n) is 2.37. The van der Waals surface area contributed by atoms with Gasteiger partial charge >= 0.3 is 15.6 Å². The molecule has 0 radical (unpaired) electrons. The quantitative estimate of drug-likeness (QED) is 0.242. The molecule has 0 spiro atoms.